The Morgan fingerprint density at radius 2 is 1.72 bits per heavy atom. The van der Waals surface area contributed by atoms with Crippen LogP contribution in [0.1, 0.15) is 47.2 Å². The van der Waals surface area contributed by atoms with Gasteiger partial charge in [0.15, 0.2) is 0 Å². The van der Waals surface area contributed by atoms with Crippen LogP contribution in [0.5, 0.6) is 5.75 Å². The maximum Gasteiger partial charge on any atom is 0.248 e. The molecule has 0 unspecified atom stereocenters. The minimum Gasteiger partial charge on any atom is -0.494 e. The lowest BCUT2D eigenvalue weighted by atomic mass is 10.0. The largest absolute Gasteiger partial charge is 0.494 e. The summed E-state index contributed by atoms with van der Waals surface area (Å²) in [5.41, 5.74) is 7.67. The van der Waals surface area contributed by atoms with E-state index in [0.29, 0.717) is 26.1 Å². The summed E-state index contributed by atoms with van der Waals surface area (Å²) in [4.78, 5) is 13.9. The monoisotopic (exact) mass is 457 g/mol. The third kappa shape index (κ3) is 5.31. The van der Waals surface area contributed by atoms with Gasteiger partial charge in [-0.2, -0.15) is 4.31 Å². The van der Waals surface area contributed by atoms with E-state index in [2.05, 4.69) is 4.90 Å². The Morgan fingerprint density at radius 3 is 2.44 bits per heavy atom. The van der Waals surface area contributed by atoms with Crippen LogP contribution in [-0.2, 0) is 23.0 Å². The lowest BCUT2D eigenvalue weighted by molar-refractivity contribution is 0.1000. The van der Waals surface area contributed by atoms with Gasteiger partial charge in [-0.1, -0.05) is 12.5 Å². The normalized spacial score (nSPS) is 17.6. The van der Waals surface area contributed by atoms with Gasteiger partial charge in [0.2, 0.25) is 15.9 Å². The molecule has 1 saturated heterocycles. The predicted molar refractivity (Wildman–Crippen MR) is 123 cm³/mol. The molecule has 1 amide bonds. The van der Waals surface area contributed by atoms with Gasteiger partial charge in [-0.05, 0) is 86.3 Å². The molecule has 32 heavy (non-hydrogen) atoms. The molecule has 0 saturated carbocycles. The van der Waals surface area contributed by atoms with Gasteiger partial charge in [0.25, 0.3) is 0 Å². The van der Waals surface area contributed by atoms with Gasteiger partial charge < -0.3 is 15.4 Å². The molecule has 4 rings (SSSR count). The average molecular weight is 458 g/mol. The van der Waals surface area contributed by atoms with Gasteiger partial charge in [-0.15, -0.1) is 0 Å². The van der Waals surface area contributed by atoms with Gasteiger partial charge in [-0.25, -0.2) is 8.42 Å². The third-order valence-corrected chi connectivity index (χ3v) is 8.13. The minimum atomic E-state index is -3.66. The minimum absolute atomic E-state index is 0.163. The van der Waals surface area contributed by atoms with Crippen LogP contribution >= 0.6 is 0 Å². The van der Waals surface area contributed by atoms with E-state index >= 15 is 0 Å². The Bertz CT molecular complexity index is 1050. The molecule has 0 radical (unpaired) electrons. The highest BCUT2D eigenvalue weighted by Crippen LogP contribution is 2.28. The molecule has 2 N–H and O–H groups in total. The molecule has 1 fully saturated rings. The SMILES string of the molecule is NC(=O)c1ccc(S(=O)(=O)N2CCc3ccc(OCCCN4CCCCC4)cc3C2)cc1. The maximum absolute atomic E-state index is 13.1. The van der Waals surface area contributed by atoms with Crippen molar-refractivity contribution < 1.29 is 17.9 Å². The molecule has 2 heterocycles. The lowest BCUT2D eigenvalue weighted by Gasteiger charge is -2.28. The Kier molecular flexibility index (Phi) is 7.13. The van der Waals surface area contributed by atoms with Crippen molar-refractivity contribution in [3.8, 4) is 5.75 Å². The summed E-state index contributed by atoms with van der Waals surface area (Å²) < 4.78 is 33.6. The maximum atomic E-state index is 13.1. The molecule has 0 spiro atoms. The van der Waals surface area contributed by atoms with Gasteiger partial charge in [-0.3, -0.25) is 4.79 Å². The molecular formula is C24H31N3O4S. The highest BCUT2D eigenvalue weighted by Gasteiger charge is 2.28. The first-order valence-electron chi connectivity index (χ1n) is 11.3. The third-order valence-electron chi connectivity index (χ3n) is 6.27. The number of nitrogens with two attached hydrogens (primary N) is 1. The Labute approximate surface area is 190 Å². The van der Waals surface area contributed by atoms with E-state index in [1.165, 1.54) is 60.9 Å². The number of carbonyl (C=O) groups is 1. The molecule has 8 heteroatoms. The number of amides is 1. The summed E-state index contributed by atoms with van der Waals surface area (Å²) >= 11 is 0. The Balaban J connectivity index is 1.37. The number of rotatable bonds is 8. The van der Waals surface area contributed by atoms with E-state index in [1.807, 2.05) is 18.2 Å². The van der Waals surface area contributed by atoms with Crippen molar-refractivity contribution in [3.05, 3.63) is 59.2 Å². The fourth-order valence-corrected chi connectivity index (χ4v) is 5.82. The smallest absolute Gasteiger partial charge is 0.248 e. The van der Waals surface area contributed by atoms with Crippen molar-refractivity contribution in [2.45, 2.75) is 43.5 Å². The summed E-state index contributed by atoms with van der Waals surface area (Å²) in [5, 5.41) is 0. The van der Waals surface area contributed by atoms with E-state index in [9.17, 15) is 13.2 Å². The zero-order valence-corrected chi connectivity index (χ0v) is 19.1. The Morgan fingerprint density at radius 1 is 0.969 bits per heavy atom. The topological polar surface area (TPSA) is 92.9 Å². The zero-order chi connectivity index (χ0) is 22.6. The standard InChI is InChI=1S/C24H31N3O4S/c25-24(28)20-6-9-23(10-7-20)32(29,30)27-15-11-19-5-8-22(17-21(19)18-27)31-16-4-14-26-12-2-1-3-13-26/h5-10,17H,1-4,11-16,18H2,(H2,25,28). The van der Waals surface area contributed by atoms with E-state index in [0.717, 1.165) is 29.8 Å². The summed E-state index contributed by atoms with van der Waals surface area (Å²) in [7, 11) is -3.66. The van der Waals surface area contributed by atoms with Crippen molar-refractivity contribution in [2.24, 2.45) is 5.73 Å². The van der Waals surface area contributed by atoms with Crippen molar-refractivity contribution in [3.63, 3.8) is 0 Å². The van der Waals surface area contributed by atoms with Gasteiger partial charge in [0.1, 0.15) is 5.75 Å². The van der Waals surface area contributed by atoms with Gasteiger partial charge in [0.05, 0.1) is 11.5 Å². The molecule has 0 aromatic heterocycles. The summed E-state index contributed by atoms with van der Waals surface area (Å²) in [5.74, 6) is 0.205. The highest BCUT2D eigenvalue weighted by molar-refractivity contribution is 7.89. The van der Waals surface area contributed by atoms with Crippen LogP contribution in [0.3, 0.4) is 0 Å². The van der Waals surface area contributed by atoms with Crippen molar-refractivity contribution in [1.29, 1.82) is 0 Å². The molecule has 0 atom stereocenters. The number of carbonyl (C=O) groups excluding carboxylic acids is 1. The van der Waals surface area contributed by atoms with Crippen LogP contribution in [-0.4, -0.2) is 56.3 Å². The first-order chi connectivity index (χ1) is 15.4. The van der Waals surface area contributed by atoms with Gasteiger partial charge >= 0.3 is 0 Å². The number of fused-ring (bicyclic) bond motifs is 1. The molecule has 172 valence electrons. The fourth-order valence-electron chi connectivity index (χ4n) is 4.40. The number of primary amides is 1. The number of benzene rings is 2. The first kappa shape index (κ1) is 22.8. The average Bonchev–Trinajstić information content (AvgIpc) is 2.82. The summed E-state index contributed by atoms with van der Waals surface area (Å²) in [6.07, 6.45) is 5.57. The molecule has 2 aromatic carbocycles. The number of hydrogen-bond donors (Lipinski definition) is 1. The van der Waals surface area contributed by atoms with Crippen LogP contribution in [0.15, 0.2) is 47.4 Å². The number of sulfonamides is 1. The van der Waals surface area contributed by atoms with E-state index in [1.54, 1.807) is 0 Å². The summed E-state index contributed by atoms with van der Waals surface area (Å²) in [6, 6.07) is 11.8. The van der Waals surface area contributed by atoms with Crippen LogP contribution in [0.25, 0.3) is 0 Å². The highest BCUT2D eigenvalue weighted by atomic mass is 32.2. The predicted octanol–water partition coefficient (Wildman–Crippen LogP) is 2.79. The fraction of sp³-hybridized carbons (Fsp3) is 0.458. The van der Waals surface area contributed by atoms with E-state index < -0.39 is 15.9 Å². The number of hydrogen-bond acceptors (Lipinski definition) is 5. The van der Waals surface area contributed by atoms with Gasteiger partial charge in [0, 0.05) is 25.2 Å². The van der Waals surface area contributed by atoms with E-state index in [-0.39, 0.29) is 10.5 Å². The number of nitrogens with zero attached hydrogens (tertiary/aromatic N) is 2. The molecular weight excluding hydrogens is 426 g/mol. The van der Waals surface area contributed by atoms with Crippen molar-refractivity contribution in [1.82, 2.24) is 9.21 Å². The lowest BCUT2D eigenvalue weighted by Crippen LogP contribution is -2.36. The molecule has 0 aliphatic carbocycles. The molecule has 2 aliphatic rings. The molecule has 0 bridgehead atoms. The van der Waals surface area contributed by atoms with E-state index in [4.69, 9.17) is 10.5 Å². The summed E-state index contributed by atoms with van der Waals surface area (Å²) in [6.45, 7) is 4.82. The second-order valence-corrected chi connectivity index (χ2v) is 10.4. The van der Waals surface area contributed by atoms with Crippen LogP contribution in [0, 0.1) is 0 Å². The Hall–Kier alpha value is -2.42. The first-order valence-corrected chi connectivity index (χ1v) is 12.7. The van der Waals surface area contributed by atoms with Crippen LogP contribution in [0.4, 0.5) is 0 Å². The quantitative estimate of drug-likeness (QED) is 0.616. The van der Waals surface area contributed by atoms with Crippen LogP contribution in [0.2, 0.25) is 0 Å². The van der Waals surface area contributed by atoms with Crippen molar-refractivity contribution in [2.75, 3.05) is 32.8 Å². The van der Waals surface area contributed by atoms with Crippen molar-refractivity contribution >= 4 is 15.9 Å². The number of ether oxygens (including phenoxy) is 1. The number of likely N-dealkylation sites (tertiary alicyclic amines) is 1. The zero-order valence-electron chi connectivity index (χ0n) is 18.3. The second kappa shape index (κ2) is 10.0. The van der Waals surface area contributed by atoms with Crippen LogP contribution < -0.4 is 10.5 Å². The molecule has 7 nitrogen and oxygen atoms in total. The molecule has 2 aliphatic heterocycles. The number of piperidine rings is 1. The second-order valence-electron chi connectivity index (χ2n) is 8.51. The molecule has 2 aromatic rings.